The Morgan fingerprint density at radius 1 is 1.36 bits per heavy atom. The molecule has 0 fully saturated rings. The van der Waals surface area contributed by atoms with Crippen LogP contribution in [0.5, 0.6) is 5.75 Å². The molecule has 22 heavy (non-hydrogen) atoms. The zero-order valence-electron chi connectivity index (χ0n) is 12.2. The first-order valence-electron chi connectivity index (χ1n) is 6.64. The van der Waals surface area contributed by atoms with Crippen LogP contribution in [-0.2, 0) is 14.3 Å². The van der Waals surface area contributed by atoms with Gasteiger partial charge in [0.2, 0.25) is 0 Å². The number of ether oxygens (including phenoxy) is 2. The molecule has 0 bridgehead atoms. The van der Waals surface area contributed by atoms with E-state index in [9.17, 15) is 9.59 Å². The van der Waals surface area contributed by atoms with Gasteiger partial charge in [0, 0.05) is 17.8 Å². The lowest BCUT2D eigenvalue weighted by Gasteiger charge is -2.02. The number of hydrogen-bond donors (Lipinski definition) is 1. The average Bonchev–Trinajstić information content (AvgIpc) is 2.82. The normalized spacial score (nSPS) is 11.0. The van der Waals surface area contributed by atoms with Crippen LogP contribution < -0.4 is 4.74 Å². The fourth-order valence-corrected chi connectivity index (χ4v) is 1.98. The summed E-state index contributed by atoms with van der Waals surface area (Å²) in [5.74, 6) is -0.938. The topological polar surface area (TPSA) is 92.2 Å². The van der Waals surface area contributed by atoms with Crippen molar-refractivity contribution >= 4 is 28.9 Å². The Bertz CT molecular complexity index is 796. The molecule has 1 aromatic heterocycles. The molecule has 6 heteroatoms. The number of para-hydroxylation sites is 1. The van der Waals surface area contributed by atoms with E-state index in [1.807, 2.05) is 6.07 Å². The maximum Gasteiger partial charge on any atom is 0.348 e. The number of aromatic nitrogens is 1. The number of fused-ring (bicyclic) bond motifs is 1. The van der Waals surface area contributed by atoms with Crippen LogP contribution in [0.15, 0.2) is 29.8 Å². The number of carbonyl (C=O) groups is 2. The number of benzene rings is 1. The third-order valence-corrected chi connectivity index (χ3v) is 2.84. The van der Waals surface area contributed by atoms with E-state index in [1.54, 1.807) is 31.2 Å². The number of H-pyrrole nitrogens is 1. The zero-order chi connectivity index (χ0) is 16.1. The summed E-state index contributed by atoms with van der Waals surface area (Å²) in [6.45, 7) is 3.10. The lowest BCUT2D eigenvalue weighted by atomic mass is 10.2. The van der Waals surface area contributed by atoms with Gasteiger partial charge >= 0.3 is 11.9 Å². The molecule has 6 nitrogen and oxygen atoms in total. The summed E-state index contributed by atoms with van der Waals surface area (Å²) in [7, 11) is 0. The number of nitrogens with one attached hydrogen (secondary N) is 1. The highest BCUT2D eigenvalue weighted by atomic mass is 16.5. The van der Waals surface area contributed by atoms with Gasteiger partial charge in [0.1, 0.15) is 11.6 Å². The number of aromatic amines is 1. The molecule has 0 atom stereocenters. The van der Waals surface area contributed by atoms with Gasteiger partial charge < -0.3 is 14.5 Å². The van der Waals surface area contributed by atoms with Gasteiger partial charge in [0.15, 0.2) is 5.75 Å². The van der Waals surface area contributed by atoms with Crippen LogP contribution in [0.1, 0.15) is 19.5 Å². The van der Waals surface area contributed by atoms with E-state index in [0.717, 1.165) is 5.52 Å². The largest absolute Gasteiger partial charge is 0.462 e. The van der Waals surface area contributed by atoms with Gasteiger partial charge in [-0.2, -0.15) is 5.26 Å². The Morgan fingerprint density at radius 3 is 2.73 bits per heavy atom. The predicted molar refractivity (Wildman–Crippen MR) is 79.8 cm³/mol. The Labute approximate surface area is 126 Å². The van der Waals surface area contributed by atoms with Crippen LogP contribution in [0.25, 0.3) is 17.0 Å². The highest BCUT2D eigenvalue weighted by molar-refractivity contribution is 6.00. The van der Waals surface area contributed by atoms with Crippen molar-refractivity contribution in [1.82, 2.24) is 4.98 Å². The molecule has 0 aliphatic carbocycles. The Balaban J connectivity index is 2.56. The second kappa shape index (κ2) is 6.59. The van der Waals surface area contributed by atoms with E-state index in [0.29, 0.717) is 11.1 Å². The number of nitrogens with zero attached hydrogens (tertiary/aromatic N) is 1. The first-order chi connectivity index (χ1) is 10.6. The SMILES string of the molecule is CCOC(=O)C(C#N)=Cc1[nH]c2ccccc2c1OC(C)=O. The van der Waals surface area contributed by atoms with Gasteiger partial charge in [0.25, 0.3) is 0 Å². The van der Waals surface area contributed by atoms with Gasteiger partial charge in [-0.15, -0.1) is 0 Å². The van der Waals surface area contributed by atoms with Crippen molar-refractivity contribution < 1.29 is 19.1 Å². The number of esters is 2. The molecular weight excluding hydrogens is 284 g/mol. The number of carbonyl (C=O) groups excluding carboxylic acids is 2. The lowest BCUT2D eigenvalue weighted by molar-refractivity contribution is -0.138. The van der Waals surface area contributed by atoms with E-state index < -0.39 is 11.9 Å². The summed E-state index contributed by atoms with van der Waals surface area (Å²) in [6.07, 6.45) is 1.32. The summed E-state index contributed by atoms with van der Waals surface area (Å²) in [6, 6.07) is 8.98. The van der Waals surface area contributed by atoms with Gasteiger partial charge in [-0.25, -0.2) is 4.79 Å². The number of hydrogen-bond acceptors (Lipinski definition) is 5. The fourth-order valence-electron chi connectivity index (χ4n) is 1.98. The van der Waals surface area contributed by atoms with E-state index in [4.69, 9.17) is 14.7 Å². The molecule has 1 heterocycles. The summed E-state index contributed by atoms with van der Waals surface area (Å²) < 4.78 is 10.0. The second-order valence-corrected chi connectivity index (χ2v) is 4.40. The minimum atomic E-state index is -0.725. The highest BCUT2D eigenvalue weighted by Gasteiger charge is 2.16. The molecule has 0 unspecified atom stereocenters. The lowest BCUT2D eigenvalue weighted by Crippen LogP contribution is -2.06. The third-order valence-electron chi connectivity index (χ3n) is 2.84. The molecule has 0 spiro atoms. The minimum absolute atomic E-state index is 0.168. The summed E-state index contributed by atoms with van der Waals surface area (Å²) in [5.41, 5.74) is 0.911. The zero-order valence-corrected chi connectivity index (χ0v) is 12.2. The molecule has 112 valence electrons. The van der Waals surface area contributed by atoms with Crippen LogP contribution in [0, 0.1) is 11.3 Å². The van der Waals surface area contributed by atoms with Crippen molar-refractivity contribution in [2.75, 3.05) is 6.61 Å². The van der Waals surface area contributed by atoms with Crippen molar-refractivity contribution in [3.63, 3.8) is 0 Å². The summed E-state index contributed by atoms with van der Waals surface area (Å²) in [5, 5.41) is 9.78. The molecule has 1 N–H and O–H groups in total. The van der Waals surface area contributed by atoms with Gasteiger partial charge in [0.05, 0.1) is 12.3 Å². The van der Waals surface area contributed by atoms with Crippen LogP contribution in [0.3, 0.4) is 0 Å². The molecule has 2 rings (SSSR count). The predicted octanol–water partition coefficient (Wildman–Crippen LogP) is 2.56. The second-order valence-electron chi connectivity index (χ2n) is 4.40. The quantitative estimate of drug-likeness (QED) is 0.532. The van der Waals surface area contributed by atoms with Gasteiger partial charge in [-0.05, 0) is 25.1 Å². The van der Waals surface area contributed by atoms with Crippen LogP contribution in [-0.4, -0.2) is 23.5 Å². The van der Waals surface area contributed by atoms with Crippen molar-refractivity contribution in [3.05, 3.63) is 35.5 Å². The van der Waals surface area contributed by atoms with E-state index >= 15 is 0 Å². The highest BCUT2D eigenvalue weighted by Crippen LogP contribution is 2.31. The van der Waals surface area contributed by atoms with Crippen molar-refractivity contribution in [2.45, 2.75) is 13.8 Å². The first-order valence-corrected chi connectivity index (χ1v) is 6.64. The Morgan fingerprint density at radius 2 is 2.09 bits per heavy atom. The molecule has 0 aliphatic heterocycles. The Kier molecular flexibility index (Phi) is 4.59. The fraction of sp³-hybridized carbons (Fsp3) is 0.188. The maximum atomic E-state index is 11.7. The maximum absolute atomic E-state index is 11.7. The molecule has 0 saturated carbocycles. The Hall–Kier alpha value is -3.07. The molecular formula is C16H14N2O4. The summed E-state index contributed by atoms with van der Waals surface area (Å²) >= 11 is 0. The van der Waals surface area contributed by atoms with Crippen molar-refractivity contribution in [1.29, 1.82) is 5.26 Å². The van der Waals surface area contributed by atoms with E-state index in [1.165, 1.54) is 13.0 Å². The van der Waals surface area contributed by atoms with E-state index in [-0.39, 0.29) is 17.9 Å². The third kappa shape index (κ3) is 3.15. The number of rotatable bonds is 4. The van der Waals surface area contributed by atoms with Gasteiger partial charge in [-0.1, -0.05) is 12.1 Å². The molecule has 0 amide bonds. The standard InChI is InChI=1S/C16H14N2O4/c1-3-21-16(20)11(9-17)8-14-15(22-10(2)19)12-6-4-5-7-13(12)18-14/h4-8,18H,3H2,1-2H3. The van der Waals surface area contributed by atoms with Crippen LogP contribution in [0.4, 0.5) is 0 Å². The smallest absolute Gasteiger partial charge is 0.348 e. The minimum Gasteiger partial charge on any atom is -0.462 e. The molecule has 0 aliphatic rings. The molecule has 0 radical (unpaired) electrons. The molecule has 1 aromatic carbocycles. The van der Waals surface area contributed by atoms with Crippen molar-refractivity contribution in [2.24, 2.45) is 0 Å². The summed E-state index contributed by atoms with van der Waals surface area (Å²) in [4.78, 5) is 26.0. The first kappa shape index (κ1) is 15.3. The molecule has 0 saturated heterocycles. The van der Waals surface area contributed by atoms with Crippen LogP contribution in [0.2, 0.25) is 0 Å². The van der Waals surface area contributed by atoms with E-state index in [2.05, 4.69) is 4.98 Å². The van der Waals surface area contributed by atoms with Gasteiger partial charge in [-0.3, -0.25) is 4.79 Å². The van der Waals surface area contributed by atoms with Crippen LogP contribution >= 0.6 is 0 Å². The number of nitriles is 1. The monoisotopic (exact) mass is 298 g/mol. The average molecular weight is 298 g/mol. The van der Waals surface area contributed by atoms with Crippen molar-refractivity contribution in [3.8, 4) is 11.8 Å². The molecule has 2 aromatic rings.